The van der Waals surface area contributed by atoms with Gasteiger partial charge < -0.3 is 13.9 Å². The van der Waals surface area contributed by atoms with Crippen LogP contribution in [0.15, 0.2) is 76.2 Å². The number of furan rings is 1. The highest BCUT2D eigenvalue weighted by Crippen LogP contribution is 2.30. The van der Waals surface area contributed by atoms with Crippen LogP contribution in [0.5, 0.6) is 11.5 Å². The van der Waals surface area contributed by atoms with E-state index in [1.165, 1.54) is 29.8 Å². The number of rotatable bonds is 10. The van der Waals surface area contributed by atoms with E-state index >= 15 is 0 Å². The first-order valence-corrected chi connectivity index (χ1v) is 12.7. The summed E-state index contributed by atoms with van der Waals surface area (Å²) in [7, 11) is -2.34. The van der Waals surface area contributed by atoms with E-state index in [2.05, 4.69) is 9.64 Å². The average molecular weight is 507 g/mol. The van der Waals surface area contributed by atoms with Crippen LogP contribution in [0.2, 0.25) is 0 Å². The first-order chi connectivity index (χ1) is 16.9. The lowest BCUT2D eigenvalue weighted by Crippen LogP contribution is -2.46. The average Bonchev–Trinajstić information content (AvgIpc) is 3.37. The van der Waals surface area contributed by atoms with Gasteiger partial charge in [-0.1, -0.05) is 24.3 Å². The van der Waals surface area contributed by atoms with E-state index in [1.54, 1.807) is 48.5 Å². The Balaban J connectivity index is 1.50. The third-order valence-electron chi connectivity index (χ3n) is 6.09. The number of para-hydroxylation sites is 1. The summed E-state index contributed by atoms with van der Waals surface area (Å²) in [6, 6.07) is 16.4. The molecule has 1 fully saturated rings. The van der Waals surface area contributed by atoms with Crippen molar-refractivity contribution < 1.29 is 31.1 Å². The second kappa shape index (κ2) is 11.2. The lowest BCUT2D eigenvalue weighted by atomic mass is 10.0. The second-order valence-electron chi connectivity index (χ2n) is 8.30. The number of likely N-dealkylation sites (tertiary alicyclic amines) is 1. The molecule has 2 aromatic carbocycles. The largest absolute Gasteiger partial charge is 0.497 e. The van der Waals surface area contributed by atoms with Gasteiger partial charge in [-0.25, -0.2) is 8.42 Å². The Kier molecular flexibility index (Phi) is 8.04. The van der Waals surface area contributed by atoms with Gasteiger partial charge in [-0.05, 0) is 43.2 Å². The molecule has 0 N–H and O–H groups in total. The zero-order valence-corrected chi connectivity index (χ0v) is 20.2. The minimum absolute atomic E-state index is 0.113. The van der Waals surface area contributed by atoms with Gasteiger partial charge in [-0.15, -0.1) is 0 Å². The first kappa shape index (κ1) is 25.2. The van der Waals surface area contributed by atoms with Gasteiger partial charge in [-0.3, -0.25) is 4.90 Å². The van der Waals surface area contributed by atoms with Crippen molar-refractivity contribution in [3.8, 4) is 11.5 Å². The minimum Gasteiger partial charge on any atom is -0.497 e. The van der Waals surface area contributed by atoms with E-state index in [4.69, 9.17) is 9.15 Å². The SMILES string of the molecule is COc1cccc(S(=O)(=O)N(Cc2ccco2)C2CCN(Cc3ccccc3OC(F)F)CC2)c1. The van der Waals surface area contributed by atoms with Crippen molar-refractivity contribution in [3.05, 3.63) is 78.3 Å². The van der Waals surface area contributed by atoms with Crippen LogP contribution in [0.3, 0.4) is 0 Å². The maximum atomic E-state index is 13.7. The molecule has 2 heterocycles. The number of piperidine rings is 1. The van der Waals surface area contributed by atoms with Crippen LogP contribution in [0.25, 0.3) is 0 Å². The Labute approximate surface area is 203 Å². The van der Waals surface area contributed by atoms with Gasteiger partial charge in [0.05, 0.1) is 24.8 Å². The molecule has 1 aliphatic rings. The number of methoxy groups -OCH3 is 1. The number of hydrogen-bond donors (Lipinski definition) is 0. The highest BCUT2D eigenvalue weighted by atomic mass is 32.2. The summed E-state index contributed by atoms with van der Waals surface area (Å²) in [4.78, 5) is 2.27. The van der Waals surface area contributed by atoms with Crippen LogP contribution >= 0.6 is 0 Å². The van der Waals surface area contributed by atoms with Crippen LogP contribution in [-0.4, -0.2) is 50.5 Å². The summed E-state index contributed by atoms with van der Waals surface area (Å²) in [6.45, 7) is -1.12. The minimum atomic E-state index is -3.83. The van der Waals surface area contributed by atoms with Gasteiger partial charge in [0.15, 0.2) is 0 Å². The normalized spacial score (nSPS) is 15.6. The number of alkyl halides is 2. The van der Waals surface area contributed by atoms with E-state index in [9.17, 15) is 17.2 Å². The highest BCUT2D eigenvalue weighted by Gasteiger charge is 2.35. The van der Waals surface area contributed by atoms with Gasteiger partial charge in [0, 0.05) is 37.3 Å². The molecule has 10 heteroatoms. The fourth-order valence-electron chi connectivity index (χ4n) is 4.32. The Morgan fingerprint density at radius 1 is 1.09 bits per heavy atom. The Morgan fingerprint density at radius 2 is 1.86 bits per heavy atom. The Hall–Kier alpha value is -2.95. The third-order valence-corrected chi connectivity index (χ3v) is 7.98. The number of hydrogen-bond acceptors (Lipinski definition) is 6. The van der Waals surface area contributed by atoms with Crippen molar-refractivity contribution >= 4 is 10.0 Å². The van der Waals surface area contributed by atoms with E-state index in [0.717, 1.165) is 0 Å². The molecular weight excluding hydrogens is 478 g/mol. The topological polar surface area (TPSA) is 72.2 Å². The molecule has 35 heavy (non-hydrogen) atoms. The van der Waals surface area contributed by atoms with Gasteiger partial charge in [0.25, 0.3) is 0 Å². The molecule has 0 unspecified atom stereocenters. The summed E-state index contributed by atoms with van der Waals surface area (Å²) < 4.78 is 69.7. The van der Waals surface area contributed by atoms with Crippen LogP contribution < -0.4 is 9.47 Å². The predicted molar refractivity (Wildman–Crippen MR) is 126 cm³/mol. The van der Waals surface area contributed by atoms with E-state index in [1.807, 2.05) is 0 Å². The number of ether oxygens (including phenoxy) is 2. The van der Waals surface area contributed by atoms with Crippen LogP contribution in [0, 0.1) is 0 Å². The molecule has 0 bridgehead atoms. The monoisotopic (exact) mass is 506 g/mol. The van der Waals surface area contributed by atoms with Gasteiger partial charge in [-0.2, -0.15) is 13.1 Å². The molecule has 4 rings (SSSR count). The zero-order valence-electron chi connectivity index (χ0n) is 19.3. The van der Waals surface area contributed by atoms with E-state index < -0.39 is 16.6 Å². The van der Waals surface area contributed by atoms with Gasteiger partial charge in [0.2, 0.25) is 10.0 Å². The zero-order chi connectivity index (χ0) is 24.8. The molecule has 188 valence electrons. The number of nitrogens with zero attached hydrogens (tertiary/aromatic N) is 2. The molecule has 1 aromatic heterocycles. The molecule has 7 nitrogen and oxygen atoms in total. The smallest absolute Gasteiger partial charge is 0.387 e. The second-order valence-corrected chi connectivity index (χ2v) is 10.2. The molecular formula is C25H28F2N2O5S. The predicted octanol–water partition coefficient (Wildman–Crippen LogP) is 4.75. The number of benzene rings is 2. The van der Waals surface area contributed by atoms with Crippen LogP contribution in [0.4, 0.5) is 8.78 Å². The fourth-order valence-corrected chi connectivity index (χ4v) is 6.00. The highest BCUT2D eigenvalue weighted by molar-refractivity contribution is 7.89. The molecule has 0 radical (unpaired) electrons. The number of halogens is 2. The standard InChI is InChI=1S/C25H28F2N2O5S/c1-32-21-7-4-9-23(16-21)35(30,31)29(18-22-8-5-15-33-22)20-11-13-28(14-12-20)17-19-6-2-3-10-24(19)34-25(26)27/h2-10,15-16,20,25H,11-14,17-18H2,1H3. The number of sulfonamides is 1. The fraction of sp³-hybridized carbons (Fsp3) is 0.360. The van der Waals surface area contributed by atoms with Crippen molar-refractivity contribution in [2.45, 2.75) is 43.5 Å². The lowest BCUT2D eigenvalue weighted by molar-refractivity contribution is -0.0508. The van der Waals surface area contributed by atoms with Crippen molar-refractivity contribution in [2.75, 3.05) is 20.2 Å². The first-order valence-electron chi connectivity index (χ1n) is 11.3. The summed E-state index contributed by atoms with van der Waals surface area (Å²) in [5.41, 5.74) is 0.669. The van der Waals surface area contributed by atoms with Crippen molar-refractivity contribution in [1.29, 1.82) is 0 Å². The third kappa shape index (κ3) is 6.19. The van der Waals surface area contributed by atoms with Crippen LogP contribution in [-0.2, 0) is 23.1 Å². The molecule has 1 saturated heterocycles. The van der Waals surface area contributed by atoms with E-state index in [-0.39, 0.29) is 23.2 Å². The summed E-state index contributed by atoms with van der Waals surface area (Å²) in [5, 5.41) is 0. The molecule has 0 saturated carbocycles. The molecule has 1 aliphatic heterocycles. The van der Waals surface area contributed by atoms with Gasteiger partial charge >= 0.3 is 6.61 Å². The Morgan fingerprint density at radius 3 is 2.54 bits per heavy atom. The quantitative estimate of drug-likeness (QED) is 0.395. The van der Waals surface area contributed by atoms with Crippen LogP contribution in [0.1, 0.15) is 24.2 Å². The maximum Gasteiger partial charge on any atom is 0.387 e. The molecule has 0 amide bonds. The molecule has 0 atom stereocenters. The van der Waals surface area contributed by atoms with Gasteiger partial charge in [0.1, 0.15) is 17.3 Å². The lowest BCUT2D eigenvalue weighted by Gasteiger charge is -2.37. The summed E-state index contributed by atoms with van der Waals surface area (Å²) >= 11 is 0. The van der Waals surface area contributed by atoms with E-state index in [0.29, 0.717) is 49.5 Å². The molecule has 0 spiro atoms. The molecule has 0 aliphatic carbocycles. The summed E-state index contributed by atoms with van der Waals surface area (Å²) in [5.74, 6) is 1.17. The summed E-state index contributed by atoms with van der Waals surface area (Å²) in [6.07, 6.45) is 2.69. The Bertz CT molecular complexity index is 1200. The maximum absolute atomic E-state index is 13.7. The van der Waals surface area contributed by atoms with Crippen molar-refractivity contribution in [1.82, 2.24) is 9.21 Å². The van der Waals surface area contributed by atoms with Crippen molar-refractivity contribution in [2.24, 2.45) is 0 Å². The molecule has 3 aromatic rings. The van der Waals surface area contributed by atoms with Crippen molar-refractivity contribution in [3.63, 3.8) is 0 Å².